The number of anilines is 1. The fourth-order valence-corrected chi connectivity index (χ4v) is 3.08. The molecule has 0 radical (unpaired) electrons. The number of carbonyl (C=O) groups is 1. The number of likely N-dealkylation sites (N-methyl/N-ethyl adjacent to an activating group) is 1. The molecule has 0 aliphatic heterocycles. The zero-order valence-corrected chi connectivity index (χ0v) is 17.6. The quantitative estimate of drug-likeness (QED) is 0.713. The van der Waals surface area contributed by atoms with Gasteiger partial charge in [0.1, 0.15) is 0 Å². The standard InChI is InChI=1S/C20H24Cl2N2O3/c1-12-8-18(26-4)19(27-5)9-14(12)11-24(3)13(2)20(25)23-17-7-6-15(21)10-16(17)22/h6-10,13H,11H2,1-5H3,(H,23,25)/t13-/m0/s1. The lowest BCUT2D eigenvalue weighted by atomic mass is 10.1. The number of rotatable bonds is 7. The van der Waals surface area contributed by atoms with Crippen LogP contribution in [0.5, 0.6) is 11.5 Å². The summed E-state index contributed by atoms with van der Waals surface area (Å²) in [6.07, 6.45) is 0. The summed E-state index contributed by atoms with van der Waals surface area (Å²) in [7, 11) is 5.11. The molecule has 146 valence electrons. The van der Waals surface area contributed by atoms with Crippen molar-refractivity contribution < 1.29 is 14.3 Å². The molecule has 1 amide bonds. The SMILES string of the molecule is COc1cc(C)c(CN(C)[C@@H](C)C(=O)Nc2ccc(Cl)cc2Cl)cc1OC. The van der Waals surface area contributed by atoms with E-state index in [-0.39, 0.29) is 11.9 Å². The predicted molar refractivity (Wildman–Crippen MR) is 110 cm³/mol. The van der Waals surface area contributed by atoms with Crippen molar-refractivity contribution in [3.05, 3.63) is 51.5 Å². The lowest BCUT2D eigenvalue weighted by molar-refractivity contribution is -0.120. The van der Waals surface area contributed by atoms with Crippen molar-refractivity contribution >= 4 is 34.8 Å². The molecule has 1 atom stereocenters. The van der Waals surface area contributed by atoms with E-state index in [4.69, 9.17) is 32.7 Å². The maximum Gasteiger partial charge on any atom is 0.241 e. The molecule has 0 saturated heterocycles. The summed E-state index contributed by atoms with van der Waals surface area (Å²) in [6.45, 7) is 4.42. The first kappa shape index (κ1) is 21.4. The zero-order valence-electron chi connectivity index (χ0n) is 16.1. The van der Waals surface area contributed by atoms with Crippen molar-refractivity contribution in [1.82, 2.24) is 4.90 Å². The van der Waals surface area contributed by atoms with Gasteiger partial charge in [0, 0.05) is 11.6 Å². The van der Waals surface area contributed by atoms with Crippen LogP contribution in [0.1, 0.15) is 18.1 Å². The normalized spacial score (nSPS) is 12.0. The molecule has 0 heterocycles. The highest BCUT2D eigenvalue weighted by Gasteiger charge is 2.20. The minimum atomic E-state index is -0.371. The topological polar surface area (TPSA) is 50.8 Å². The Bertz CT molecular complexity index is 827. The molecule has 0 aliphatic rings. The Morgan fingerprint density at radius 3 is 2.37 bits per heavy atom. The fraction of sp³-hybridized carbons (Fsp3) is 0.350. The van der Waals surface area contributed by atoms with Crippen LogP contribution in [0.15, 0.2) is 30.3 Å². The van der Waals surface area contributed by atoms with E-state index in [1.54, 1.807) is 32.4 Å². The molecule has 7 heteroatoms. The van der Waals surface area contributed by atoms with Gasteiger partial charge in [-0.1, -0.05) is 23.2 Å². The van der Waals surface area contributed by atoms with Gasteiger partial charge in [-0.05, 0) is 62.4 Å². The molecule has 0 saturated carbocycles. The molecule has 0 bridgehead atoms. The summed E-state index contributed by atoms with van der Waals surface area (Å²) >= 11 is 12.0. The van der Waals surface area contributed by atoms with E-state index in [1.807, 2.05) is 37.9 Å². The molecule has 0 unspecified atom stereocenters. The summed E-state index contributed by atoms with van der Waals surface area (Å²) in [6, 6.07) is 8.47. The van der Waals surface area contributed by atoms with Crippen LogP contribution in [0.25, 0.3) is 0 Å². The number of halogens is 2. The third-order valence-electron chi connectivity index (χ3n) is 4.49. The average Bonchev–Trinajstić information content (AvgIpc) is 2.64. The van der Waals surface area contributed by atoms with Crippen molar-refractivity contribution in [3.8, 4) is 11.5 Å². The average molecular weight is 411 g/mol. The van der Waals surface area contributed by atoms with Crippen molar-refractivity contribution in [1.29, 1.82) is 0 Å². The third-order valence-corrected chi connectivity index (χ3v) is 5.04. The van der Waals surface area contributed by atoms with Gasteiger partial charge in [-0.25, -0.2) is 0 Å². The van der Waals surface area contributed by atoms with Crippen LogP contribution >= 0.6 is 23.2 Å². The van der Waals surface area contributed by atoms with Crippen LogP contribution in [0.4, 0.5) is 5.69 Å². The van der Waals surface area contributed by atoms with E-state index in [1.165, 1.54) is 0 Å². The first-order valence-electron chi connectivity index (χ1n) is 8.44. The second-order valence-corrected chi connectivity index (χ2v) is 7.18. The van der Waals surface area contributed by atoms with Crippen LogP contribution in [0.2, 0.25) is 10.0 Å². The Hall–Kier alpha value is -1.95. The number of nitrogens with zero attached hydrogens (tertiary/aromatic N) is 1. The largest absolute Gasteiger partial charge is 0.493 e. The third kappa shape index (κ3) is 5.28. The Morgan fingerprint density at radius 1 is 1.15 bits per heavy atom. The molecule has 2 aromatic rings. The Balaban J connectivity index is 2.10. The van der Waals surface area contributed by atoms with Crippen LogP contribution in [0, 0.1) is 6.92 Å². The molecule has 0 aromatic heterocycles. The van der Waals surface area contributed by atoms with Crippen LogP contribution in [-0.2, 0) is 11.3 Å². The molecule has 0 spiro atoms. The second-order valence-electron chi connectivity index (χ2n) is 6.34. The summed E-state index contributed by atoms with van der Waals surface area (Å²) in [4.78, 5) is 14.6. The Morgan fingerprint density at radius 2 is 1.78 bits per heavy atom. The van der Waals surface area contributed by atoms with Gasteiger partial charge in [-0.2, -0.15) is 0 Å². The maximum absolute atomic E-state index is 12.6. The number of methoxy groups -OCH3 is 2. The Labute approximate surface area is 170 Å². The number of carbonyl (C=O) groups excluding carboxylic acids is 1. The van der Waals surface area contributed by atoms with Crippen LogP contribution in [0.3, 0.4) is 0 Å². The molecular weight excluding hydrogens is 387 g/mol. The van der Waals surface area contributed by atoms with Gasteiger partial charge in [0.2, 0.25) is 5.91 Å². The zero-order chi connectivity index (χ0) is 20.1. The van der Waals surface area contributed by atoms with Crippen LogP contribution < -0.4 is 14.8 Å². The number of aryl methyl sites for hydroxylation is 1. The second kappa shape index (κ2) is 9.31. The van der Waals surface area contributed by atoms with E-state index in [0.717, 1.165) is 11.1 Å². The van der Waals surface area contributed by atoms with E-state index in [9.17, 15) is 4.79 Å². The smallest absolute Gasteiger partial charge is 0.241 e. The highest BCUT2D eigenvalue weighted by atomic mass is 35.5. The lowest BCUT2D eigenvalue weighted by Crippen LogP contribution is -2.39. The summed E-state index contributed by atoms with van der Waals surface area (Å²) in [5.74, 6) is 1.20. The molecule has 27 heavy (non-hydrogen) atoms. The maximum atomic E-state index is 12.6. The van der Waals surface area contributed by atoms with Gasteiger partial charge in [0.15, 0.2) is 11.5 Å². The molecular formula is C20H24Cl2N2O3. The van der Waals surface area contributed by atoms with E-state index in [2.05, 4.69) is 5.32 Å². The van der Waals surface area contributed by atoms with Crippen molar-refractivity contribution in [2.45, 2.75) is 26.4 Å². The number of amides is 1. The molecule has 0 aliphatic carbocycles. The Kier molecular flexibility index (Phi) is 7.36. The van der Waals surface area contributed by atoms with Crippen molar-refractivity contribution in [2.75, 3.05) is 26.6 Å². The first-order valence-corrected chi connectivity index (χ1v) is 9.20. The van der Waals surface area contributed by atoms with Crippen LogP contribution in [-0.4, -0.2) is 38.1 Å². The van der Waals surface area contributed by atoms with Gasteiger partial charge in [-0.15, -0.1) is 0 Å². The van der Waals surface area contributed by atoms with Gasteiger partial charge in [-0.3, -0.25) is 9.69 Å². The van der Waals surface area contributed by atoms with Gasteiger partial charge in [0.25, 0.3) is 0 Å². The number of nitrogens with one attached hydrogen (secondary N) is 1. The summed E-state index contributed by atoms with van der Waals surface area (Å²) in [5, 5.41) is 3.77. The van der Waals surface area contributed by atoms with E-state index in [0.29, 0.717) is 33.8 Å². The van der Waals surface area contributed by atoms with Crippen molar-refractivity contribution in [3.63, 3.8) is 0 Å². The van der Waals surface area contributed by atoms with Gasteiger partial charge < -0.3 is 14.8 Å². The van der Waals surface area contributed by atoms with Gasteiger partial charge in [0.05, 0.1) is 31.0 Å². The highest BCUT2D eigenvalue weighted by Crippen LogP contribution is 2.31. The predicted octanol–water partition coefficient (Wildman–Crippen LogP) is 4.78. The minimum Gasteiger partial charge on any atom is -0.493 e. The van der Waals surface area contributed by atoms with E-state index < -0.39 is 0 Å². The number of benzene rings is 2. The molecule has 0 fully saturated rings. The van der Waals surface area contributed by atoms with Crippen molar-refractivity contribution in [2.24, 2.45) is 0 Å². The molecule has 2 rings (SSSR count). The van der Waals surface area contributed by atoms with E-state index >= 15 is 0 Å². The summed E-state index contributed by atoms with van der Waals surface area (Å²) in [5.41, 5.74) is 2.65. The molecule has 2 aromatic carbocycles. The monoisotopic (exact) mass is 410 g/mol. The number of hydrogen-bond donors (Lipinski definition) is 1. The van der Waals surface area contributed by atoms with Gasteiger partial charge >= 0.3 is 0 Å². The minimum absolute atomic E-state index is 0.153. The lowest BCUT2D eigenvalue weighted by Gasteiger charge is -2.25. The molecule has 1 N–H and O–H groups in total. The molecule has 5 nitrogen and oxygen atoms in total. The fourth-order valence-electron chi connectivity index (χ4n) is 2.63. The number of hydrogen-bond acceptors (Lipinski definition) is 4. The number of ether oxygens (including phenoxy) is 2. The summed E-state index contributed by atoms with van der Waals surface area (Å²) < 4.78 is 10.7. The highest BCUT2D eigenvalue weighted by molar-refractivity contribution is 6.36. The first-order chi connectivity index (χ1) is 12.8.